The van der Waals surface area contributed by atoms with Gasteiger partial charge in [-0.3, -0.25) is 9.36 Å². The number of aryl methyl sites for hydroxylation is 1. The van der Waals surface area contributed by atoms with Gasteiger partial charge in [0, 0.05) is 16.8 Å². The Balaban J connectivity index is 1.26. The van der Waals surface area contributed by atoms with E-state index in [2.05, 4.69) is 39.1 Å². The van der Waals surface area contributed by atoms with E-state index >= 15 is 0 Å². The predicted octanol–water partition coefficient (Wildman–Crippen LogP) is 4.33. The number of nitrogens with zero attached hydrogens (tertiary/aromatic N) is 6. The summed E-state index contributed by atoms with van der Waals surface area (Å²) in [4.78, 5) is 45.3. The SMILES string of the molecule is Cc1nc(NC2(c3cn(C(=O)c4ccc(Cl)cc4)cn3)CC2)nc(N2C(=O)OC3(CC3)C2C(C)C)n1. The molecule has 1 aromatic carbocycles. The summed E-state index contributed by atoms with van der Waals surface area (Å²) in [5.74, 6) is 1.14. The lowest BCUT2D eigenvalue weighted by Gasteiger charge is -2.26. The first kappa shape index (κ1) is 22.9. The Morgan fingerprint density at radius 1 is 1.14 bits per heavy atom. The van der Waals surface area contributed by atoms with Gasteiger partial charge in [0.05, 0.1) is 17.3 Å². The monoisotopic (exact) mass is 507 g/mol. The third kappa shape index (κ3) is 3.80. The van der Waals surface area contributed by atoms with Crippen LogP contribution in [-0.2, 0) is 10.3 Å². The van der Waals surface area contributed by atoms with Crippen molar-refractivity contribution in [3.8, 4) is 0 Å². The molecular weight excluding hydrogens is 482 g/mol. The minimum atomic E-state index is -0.489. The normalized spacial score (nSPS) is 21.1. The fraction of sp³-hybridized carbons (Fsp3) is 0.440. The number of imidazole rings is 1. The van der Waals surface area contributed by atoms with E-state index in [0.29, 0.717) is 22.4 Å². The molecule has 1 unspecified atom stereocenters. The lowest BCUT2D eigenvalue weighted by molar-refractivity contribution is 0.0959. The Kier molecular flexibility index (Phi) is 5.08. The maximum Gasteiger partial charge on any atom is 0.417 e. The summed E-state index contributed by atoms with van der Waals surface area (Å²) in [6.07, 6.45) is 6.16. The van der Waals surface area contributed by atoms with Crippen LogP contribution in [0.5, 0.6) is 0 Å². The Bertz CT molecular complexity index is 1360. The molecule has 1 amide bonds. The quantitative estimate of drug-likeness (QED) is 0.524. The Morgan fingerprint density at radius 2 is 1.86 bits per heavy atom. The lowest BCUT2D eigenvalue weighted by atomic mass is 9.96. The average molecular weight is 508 g/mol. The number of hydrogen-bond acceptors (Lipinski definition) is 8. The van der Waals surface area contributed by atoms with Crippen molar-refractivity contribution in [3.05, 3.63) is 58.9 Å². The zero-order chi connectivity index (χ0) is 25.2. The molecule has 1 aliphatic heterocycles. The molecule has 2 saturated carbocycles. The Labute approximate surface area is 213 Å². The number of nitrogens with one attached hydrogen (secondary N) is 1. The summed E-state index contributed by atoms with van der Waals surface area (Å²) in [5, 5.41) is 3.97. The van der Waals surface area contributed by atoms with Crippen molar-refractivity contribution in [2.45, 2.75) is 63.6 Å². The van der Waals surface area contributed by atoms with Gasteiger partial charge in [0.25, 0.3) is 5.91 Å². The van der Waals surface area contributed by atoms with Crippen LogP contribution in [0.25, 0.3) is 0 Å². The number of carbonyl (C=O) groups excluding carboxylic acids is 2. The van der Waals surface area contributed by atoms with Gasteiger partial charge in [-0.1, -0.05) is 25.4 Å². The number of aromatic nitrogens is 5. The maximum atomic E-state index is 12.9. The second-order valence-electron chi connectivity index (χ2n) is 10.2. The van der Waals surface area contributed by atoms with Crippen LogP contribution in [0, 0.1) is 12.8 Å². The first-order chi connectivity index (χ1) is 17.2. The number of hydrogen-bond donors (Lipinski definition) is 1. The van der Waals surface area contributed by atoms with Gasteiger partial charge in [-0.05, 0) is 62.8 Å². The third-order valence-corrected chi connectivity index (χ3v) is 7.38. The molecule has 1 N–H and O–H groups in total. The molecular formula is C25H26ClN7O3. The van der Waals surface area contributed by atoms with Crippen LogP contribution in [0.1, 0.15) is 61.4 Å². The van der Waals surface area contributed by atoms with Crippen LogP contribution >= 0.6 is 11.6 Å². The molecule has 1 saturated heterocycles. The smallest absolute Gasteiger partial charge is 0.417 e. The van der Waals surface area contributed by atoms with Gasteiger partial charge in [-0.25, -0.2) is 14.7 Å². The summed E-state index contributed by atoms with van der Waals surface area (Å²) in [6, 6.07) is 6.61. The van der Waals surface area contributed by atoms with E-state index in [-0.39, 0.29) is 23.8 Å². The number of amides is 1. The molecule has 3 fully saturated rings. The predicted molar refractivity (Wildman–Crippen MR) is 132 cm³/mol. The van der Waals surface area contributed by atoms with Crippen molar-refractivity contribution in [1.29, 1.82) is 0 Å². The molecule has 6 rings (SSSR count). The van der Waals surface area contributed by atoms with Crippen LogP contribution in [0.15, 0.2) is 36.8 Å². The second kappa shape index (κ2) is 7.99. The summed E-state index contributed by atoms with van der Waals surface area (Å²) in [7, 11) is 0. The van der Waals surface area contributed by atoms with Crippen LogP contribution < -0.4 is 10.2 Å². The van der Waals surface area contributed by atoms with Gasteiger partial charge in [-0.2, -0.15) is 15.0 Å². The van der Waals surface area contributed by atoms with E-state index in [1.807, 2.05) is 0 Å². The van der Waals surface area contributed by atoms with Crippen LogP contribution in [0.3, 0.4) is 0 Å². The zero-order valence-corrected chi connectivity index (χ0v) is 21.0. The number of rotatable bonds is 6. The number of benzene rings is 1. The standard InChI is InChI=1S/C25H26ClN7O3/c1-14(2)19-25(10-11-25)36-23(35)33(19)22-29-15(3)28-21(30-22)31-24(8-9-24)18-12-32(13-27-18)20(34)16-4-6-17(26)7-5-16/h4-7,12-14,19H,8-11H2,1-3H3,(H,28,29,30,31). The largest absolute Gasteiger partial charge is 0.440 e. The molecule has 10 nitrogen and oxygen atoms in total. The minimum absolute atomic E-state index is 0.121. The van der Waals surface area contributed by atoms with Gasteiger partial charge in [-0.15, -0.1) is 0 Å². The van der Waals surface area contributed by atoms with E-state index in [1.165, 1.54) is 10.9 Å². The van der Waals surface area contributed by atoms with Crippen molar-refractivity contribution < 1.29 is 14.3 Å². The first-order valence-corrected chi connectivity index (χ1v) is 12.5. The van der Waals surface area contributed by atoms with Crippen molar-refractivity contribution in [2.24, 2.45) is 5.92 Å². The molecule has 11 heteroatoms. The third-order valence-electron chi connectivity index (χ3n) is 7.13. The molecule has 1 atom stereocenters. The van der Waals surface area contributed by atoms with Crippen molar-refractivity contribution >= 4 is 35.5 Å². The Morgan fingerprint density at radius 3 is 2.50 bits per heavy atom. The molecule has 0 bridgehead atoms. The highest BCUT2D eigenvalue weighted by Gasteiger charge is 2.63. The molecule has 2 aliphatic carbocycles. The highest BCUT2D eigenvalue weighted by atomic mass is 35.5. The van der Waals surface area contributed by atoms with E-state index in [4.69, 9.17) is 16.3 Å². The summed E-state index contributed by atoms with van der Waals surface area (Å²) >= 11 is 5.94. The maximum absolute atomic E-state index is 12.9. The summed E-state index contributed by atoms with van der Waals surface area (Å²) in [6.45, 7) is 5.93. The van der Waals surface area contributed by atoms with Gasteiger partial charge in [0.15, 0.2) is 0 Å². The van der Waals surface area contributed by atoms with Gasteiger partial charge >= 0.3 is 6.09 Å². The highest BCUT2D eigenvalue weighted by Crippen LogP contribution is 2.52. The number of halogens is 1. The van der Waals surface area contributed by atoms with Crippen molar-refractivity contribution in [2.75, 3.05) is 10.2 Å². The molecule has 3 aromatic rings. The summed E-state index contributed by atoms with van der Waals surface area (Å²) in [5.41, 5.74) is 0.323. The Hall–Kier alpha value is -3.53. The molecule has 2 aromatic heterocycles. The fourth-order valence-corrected chi connectivity index (χ4v) is 5.23. The molecule has 3 heterocycles. The van der Waals surface area contributed by atoms with E-state index in [1.54, 1.807) is 42.3 Å². The lowest BCUT2D eigenvalue weighted by Crippen LogP contribution is -2.43. The molecule has 1 spiro atoms. The average Bonchev–Trinajstić information content (AvgIpc) is 3.69. The topological polar surface area (TPSA) is 115 Å². The highest BCUT2D eigenvalue weighted by molar-refractivity contribution is 6.30. The summed E-state index contributed by atoms with van der Waals surface area (Å²) < 4.78 is 7.21. The van der Waals surface area contributed by atoms with E-state index in [9.17, 15) is 9.59 Å². The van der Waals surface area contributed by atoms with Crippen LogP contribution in [0.2, 0.25) is 5.02 Å². The molecule has 186 valence electrons. The number of anilines is 2. The van der Waals surface area contributed by atoms with Crippen molar-refractivity contribution in [3.63, 3.8) is 0 Å². The molecule has 3 aliphatic rings. The zero-order valence-electron chi connectivity index (χ0n) is 20.2. The van der Waals surface area contributed by atoms with Gasteiger partial charge in [0.1, 0.15) is 17.8 Å². The van der Waals surface area contributed by atoms with Gasteiger partial charge in [0.2, 0.25) is 11.9 Å². The minimum Gasteiger partial charge on any atom is -0.440 e. The van der Waals surface area contributed by atoms with Crippen LogP contribution in [0.4, 0.5) is 16.7 Å². The van der Waals surface area contributed by atoms with Crippen molar-refractivity contribution in [1.82, 2.24) is 24.5 Å². The van der Waals surface area contributed by atoms with Crippen LogP contribution in [-0.4, -0.2) is 48.1 Å². The second-order valence-corrected chi connectivity index (χ2v) is 10.6. The molecule has 0 radical (unpaired) electrons. The number of ether oxygens (including phenoxy) is 1. The van der Waals surface area contributed by atoms with E-state index in [0.717, 1.165) is 31.4 Å². The van der Waals surface area contributed by atoms with E-state index < -0.39 is 17.2 Å². The fourth-order valence-electron chi connectivity index (χ4n) is 5.10. The van der Waals surface area contributed by atoms with Gasteiger partial charge < -0.3 is 10.1 Å². The number of carbonyl (C=O) groups is 2. The molecule has 36 heavy (non-hydrogen) atoms. The first-order valence-electron chi connectivity index (χ1n) is 12.1.